The van der Waals surface area contributed by atoms with Crippen LogP contribution in [-0.4, -0.2) is 17.8 Å². The SMILES string of the molecule is Cc1ccc(NC(=O)Oc2ccccc2)c(C#CCO)c1. The van der Waals surface area contributed by atoms with Crippen LogP contribution in [0, 0.1) is 18.8 Å². The average Bonchev–Trinajstić information content (AvgIpc) is 2.48. The van der Waals surface area contributed by atoms with Crippen molar-refractivity contribution in [1.82, 2.24) is 0 Å². The maximum Gasteiger partial charge on any atom is 0.417 e. The third kappa shape index (κ3) is 4.37. The van der Waals surface area contributed by atoms with Crippen LogP contribution in [0.15, 0.2) is 48.5 Å². The molecule has 0 spiro atoms. The van der Waals surface area contributed by atoms with E-state index in [0.717, 1.165) is 5.56 Å². The maximum atomic E-state index is 11.9. The van der Waals surface area contributed by atoms with E-state index in [1.807, 2.05) is 25.1 Å². The van der Waals surface area contributed by atoms with Gasteiger partial charge in [-0.3, -0.25) is 5.32 Å². The number of carbonyl (C=O) groups is 1. The summed E-state index contributed by atoms with van der Waals surface area (Å²) in [5.74, 6) is 5.83. The molecule has 0 unspecified atom stereocenters. The number of hydrogen-bond acceptors (Lipinski definition) is 3. The van der Waals surface area contributed by atoms with Crippen LogP contribution in [0.25, 0.3) is 0 Å². The van der Waals surface area contributed by atoms with Crippen molar-refractivity contribution < 1.29 is 14.6 Å². The maximum absolute atomic E-state index is 11.9. The normalized spacial score (nSPS) is 9.43. The Labute approximate surface area is 123 Å². The monoisotopic (exact) mass is 281 g/mol. The zero-order valence-corrected chi connectivity index (χ0v) is 11.6. The summed E-state index contributed by atoms with van der Waals surface area (Å²) >= 11 is 0. The van der Waals surface area contributed by atoms with E-state index in [1.165, 1.54) is 0 Å². The van der Waals surface area contributed by atoms with E-state index in [9.17, 15) is 4.79 Å². The van der Waals surface area contributed by atoms with Gasteiger partial charge >= 0.3 is 6.09 Å². The van der Waals surface area contributed by atoms with Gasteiger partial charge in [-0.1, -0.05) is 36.1 Å². The molecule has 0 aliphatic carbocycles. The number of amides is 1. The van der Waals surface area contributed by atoms with Gasteiger partial charge in [-0.05, 0) is 36.8 Å². The first kappa shape index (κ1) is 14.6. The molecule has 0 heterocycles. The Bertz CT molecular complexity index is 684. The zero-order valence-electron chi connectivity index (χ0n) is 11.6. The van der Waals surface area contributed by atoms with Gasteiger partial charge < -0.3 is 9.84 Å². The van der Waals surface area contributed by atoms with Gasteiger partial charge in [0, 0.05) is 5.56 Å². The first-order chi connectivity index (χ1) is 10.2. The van der Waals surface area contributed by atoms with Crippen molar-refractivity contribution >= 4 is 11.8 Å². The second-order valence-electron chi connectivity index (χ2n) is 4.34. The first-order valence-electron chi connectivity index (χ1n) is 6.43. The Morgan fingerprint density at radius 1 is 1.24 bits per heavy atom. The summed E-state index contributed by atoms with van der Waals surface area (Å²) in [5.41, 5.74) is 2.19. The fourth-order valence-electron chi connectivity index (χ4n) is 1.74. The van der Waals surface area contributed by atoms with E-state index < -0.39 is 6.09 Å². The number of ether oxygens (including phenoxy) is 1. The van der Waals surface area contributed by atoms with Crippen molar-refractivity contribution in [2.24, 2.45) is 0 Å². The first-order valence-corrected chi connectivity index (χ1v) is 6.43. The minimum atomic E-state index is -0.586. The van der Waals surface area contributed by atoms with Gasteiger partial charge in [-0.2, -0.15) is 0 Å². The number of anilines is 1. The van der Waals surface area contributed by atoms with Gasteiger partial charge in [0.25, 0.3) is 0 Å². The number of nitrogens with one attached hydrogen (secondary N) is 1. The molecule has 0 radical (unpaired) electrons. The van der Waals surface area contributed by atoms with Gasteiger partial charge in [-0.25, -0.2) is 4.79 Å². The molecule has 0 aliphatic rings. The molecule has 0 saturated carbocycles. The summed E-state index contributed by atoms with van der Waals surface area (Å²) in [5, 5.41) is 11.4. The molecule has 106 valence electrons. The van der Waals surface area contributed by atoms with E-state index in [0.29, 0.717) is 17.0 Å². The summed E-state index contributed by atoms with van der Waals surface area (Å²) in [6, 6.07) is 14.3. The number of aliphatic hydroxyl groups is 1. The molecular formula is C17H15NO3. The highest BCUT2D eigenvalue weighted by atomic mass is 16.6. The molecular weight excluding hydrogens is 266 g/mol. The standard InChI is InChI=1S/C17H15NO3/c1-13-9-10-16(14(12-13)6-5-11-19)18-17(20)21-15-7-3-2-4-8-15/h2-4,7-10,12,19H,11H2,1H3,(H,18,20). The van der Waals surface area contributed by atoms with Crippen LogP contribution in [0.5, 0.6) is 5.75 Å². The van der Waals surface area contributed by atoms with Crippen LogP contribution in [0.2, 0.25) is 0 Å². The fourth-order valence-corrected chi connectivity index (χ4v) is 1.74. The molecule has 2 aromatic carbocycles. The summed E-state index contributed by atoms with van der Waals surface area (Å²) in [7, 11) is 0. The highest BCUT2D eigenvalue weighted by molar-refractivity contribution is 5.88. The topological polar surface area (TPSA) is 58.6 Å². The Morgan fingerprint density at radius 2 is 2.00 bits per heavy atom. The molecule has 1 amide bonds. The molecule has 0 atom stereocenters. The van der Waals surface area contributed by atoms with Gasteiger partial charge in [0.1, 0.15) is 12.4 Å². The largest absolute Gasteiger partial charge is 0.417 e. The summed E-state index contributed by atoms with van der Waals surface area (Å²) < 4.78 is 5.16. The Kier molecular flexibility index (Phi) is 4.97. The molecule has 0 fully saturated rings. The number of rotatable bonds is 2. The van der Waals surface area contributed by atoms with Crippen LogP contribution < -0.4 is 10.1 Å². The molecule has 0 aromatic heterocycles. The highest BCUT2D eigenvalue weighted by Gasteiger charge is 2.08. The third-order valence-corrected chi connectivity index (χ3v) is 2.67. The van der Waals surface area contributed by atoms with Crippen molar-refractivity contribution in [2.75, 3.05) is 11.9 Å². The molecule has 0 bridgehead atoms. The van der Waals surface area contributed by atoms with Crippen molar-refractivity contribution in [3.05, 3.63) is 59.7 Å². The smallest absolute Gasteiger partial charge is 0.410 e. The van der Waals surface area contributed by atoms with Crippen molar-refractivity contribution in [2.45, 2.75) is 6.92 Å². The van der Waals surface area contributed by atoms with Crippen LogP contribution in [0.3, 0.4) is 0 Å². The lowest BCUT2D eigenvalue weighted by atomic mass is 10.1. The van der Waals surface area contributed by atoms with E-state index in [-0.39, 0.29) is 6.61 Å². The van der Waals surface area contributed by atoms with Gasteiger partial charge in [0.15, 0.2) is 0 Å². The average molecular weight is 281 g/mol. The Balaban J connectivity index is 2.13. The highest BCUT2D eigenvalue weighted by Crippen LogP contribution is 2.17. The number of para-hydroxylation sites is 1. The summed E-state index contributed by atoms with van der Waals surface area (Å²) in [6.07, 6.45) is -0.586. The van der Waals surface area contributed by atoms with Gasteiger partial charge in [0.05, 0.1) is 5.69 Å². The molecule has 2 N–H and O–H groups in total. The Hall–Kier alpha value is -2.77. The zero-order chi connectivity index (χ0) is 15.1. The van der Waals surface area contributed by atoms with E-state index in [1.54, 1.807) is 30.3 Å². The molecule has 0 aliphatic heterocycles. The second-order valence-corrected chi connectivity index (χ2v) is 4.34. The third-order valence-electron chi connectivity index (χ3n) is 2.67. The van der Waals surface area contributed by atoms with Crippen molar-refractivity contribution in [1.29, 1.82) is 0 Å². The second kappa shape index (κ2) is 7.13. The fraction of sp³-hybridized carbons (Fsp3) is 0.118. The van der Waals surface area contributed by atoms with Crippen LogP contribution in [0.1, 0.15) is 11.1 Å². The van der Waals surface area contributed by atoms with Crippen LogP contribution >= 0.6 is 0 Å². The van der Waals surface area contributed by atoms with Crippen molar-refractivity contribution in [3.8, 4) is 17.6 Å². The van der Waals surface area contributed by atoms with Crippen LogP contribution in [0.4, 0.5) is 10.5 Å². The predicted octanol–water partition coefficient (Wildman–Crippen LogP) is 2.95. The molecule has 4 nitrogen and oxygen atoms in total. The van der Waals surface area contributed by atoms with Gasteiger partial charge in [0.2, 0.25) is 0 Å². The van der Waals surface area contributed by atoms with Crippen LogP contribution in [-0.2, 0) is 0 Å². The quantitative estimate of drug-likeness (QED) is 0.832. The molecule has 2 aromatic rings. The number of aryl methyl sites for hydroxylation is 1. The number of benzene rings is 2. The lowest BCUT2D eigenvalue weighted by molar-refractivity contribution is 0.215. The molecule has 2 rings (SSSR count). The Morgan fingerprint density at radius 3 is 2.71 bits per heavy atom. The summed E-state index contributed by atoms with van der Waals surface area (Å²) in [6.45, 7) is 1.69. The minimum absolute atomic E-state index is 0.234. The lowest BCUT2D eigenvalue weighted by Gasteiger charge is -2.09. The molecule has 0 saturated heterocycles. The molecule has 21 heavy (non-hydrogen) atoms. The number of carbonyl (C=O) groups excluding carboxylic acids is 1. The number of hydrogen-bond donors (Lipinski definition) is 2. The van der Waals surface area contributed by atoms with E-state index in [4.69, 9.17) is 9.84 Å². The summed E-state index contributed by atoms with van der Waals surface area (Å²) in [4.78, 5) is 11.9. The molecule has 4 heteroatoms. The van der Waals surface area contributed by atoms with Gasteiger partial charge in [-0.15, -0.1) is 0 Å². The minimum Gasteiger partial charge on any atom is -0.410 e. The predicted molar refractivity (Wildman–Crippen MR) is 81.2 cm³/mol. The van der Waals surface area contributed by atoms with E-state index >= 15 is 0 Å². The number of aliphatic hydroxyl groups excluding tert-OH is 1. The van der Waals surface area contributed by atoms with E-state index in [2.05, 4.69) is 17.2 Å². The lowest BCUT2D eigenvalue weighted by Crippen LogP contribution is -2.17. The van der Waals surface area contributed by atoms with Crippen molar-refractivity contribution in [3.63, 3.8) is 0 Å².